The average Bonchev–Trinajstić information content (AvgIpc) is 3.10. The van der Waals surface area contributed by atoms with E-state index in [1.165, 1.54) is 0 Å². The molecular weight excluding hydrogens is 314 g/mol. The van der Waals surface area contributed by atoms with Crippen molar-refractivity contribution in [3.05, 3.63) is 54.5 Å². The molecule has 0 unspecified atom stereocenters. The highest BCUT2D eigenvalue weighted by Gasteiger charge is 2.22. The van der Waals surface area contributed by atoms with Crippen molar-refractivity contribution in [3.63, 3.8) is 0 Å². The third-order valence-corrected chi connectivity index (χ3v) is 4.83. The van der Waals surface area contributed by atoms with Gasteiger partial charge in [0.25, 0.3) is 5.91 Å². The van der Waals surface area contributed by atoms with Gasteiger partial charge in [-0.2, -0.15) is 5.10 Å². The first-order valence-electron chi connectivity index (χ1n) is 8.59. The molecule has 0 radical (unpaired) electrons. The predicted molar refractivity (Wildman–Crippen MR) is 97.7 cm³/mol. The number of pyridine rings is 1. The van der Waals surface area contributed by atoms with Crippen LogP contribution in [0.25, 0.3) is 10.8 Å². The van der Waals surface area contributed by atoms with E-state index < -0.39 is 0 Å². The minimum absolute atomic E-state index is 0.202. The Morgan fingerprint density at radius 3 is 2.76 bits per heavy atom. The second kappa shape index (κ2) is 6.64. The molecule has 4 rings (SSSR count). The quantitative estimate of drug-likeness (QED) is 0.799. The van der Waals surface area contributed by atoms with Gasteiger partial charge in [0.2, 0.25) is 0 Å². The third-order valence-electron chi connectivity index (χ3n) is 4.83. The number of nitrogens with one attached hydrogen (secondary N) is 1. The van der Waals surface area contributed by atoms with Crippen LogP contribution < -0.4 is 5.32 Å². The van der Waals surface area contributed by atoms with Crippen LogP contribution in [0.5, 0.6) is 0 Å². The fourth-order valence-corrected chi connectivity index (χ4v) is 3.42. The number of rotatable bonds is 3. The van der Waals surface area contributed by atoms with Crippen LogP contribution in [0.3, 0.4) is 0 Å². The zero-order valence-electron chi connectivity index (χ0n) is 14.2. The molecule has 6 nitrogen and oxygen atoms in total. The molecule has 6 heteroatoms. The van der Waals surface area contributed by atoms with Gasteiger partial charge in [-0.15, -0.1) is 0 Å². The average molecular weight is 335 g/mol. The molecule has 0 saturated carbocycles. The molecule has 2 aromatic heterocycles. The van der Waals surface area contributed by atoms with Gasteiger partial charge in [0.1, 0.15) is 11.5 Å². The van der Waals surface area contributed by atoms with E-state index in [2.05, 4.69) is 27.3 Å². The molecule has 1 aliphatic heterocycles. The van der Waals surface area contributed by atoms with E-state index in [1.54, 1.807) is 12.4 Å². The number of nitrogens with zero attached hydrogens (tertiary/aromatic N) is 4. The fraction of sp³-hybridized carbons (Fsp3) is 0.316. The van der Waals surface area contributed by atoms with E-state index in [1.807, 2.05) is 41.1 Å². The zero-order chi connectivity index (χ0) is 17.2. The molecule has 0 spiro atoms. The maximum absolute atomic E-state index is 12.8. The van der Waals surface area contributed by atoms with Crippen LogP contribution in [-0.2, 0) is 0 Å². The minimum atomic E-state index is -0.202. The molecule has 1 fully saturated rings. The lowest BCUT2D eigenvalue weighted by atomic mass is 10.1. The van der Waals surface area contributed by atoms with Crippen LogP contribution in [-0.4, -0.2) is 45.7 Å². The SMILES string of the molecule is CN1CCC(n2nccc2NC(=O)c2nccc3ccccc23)CC1. The first-order chi connectivity index (χ1) is 12.2. The van der Waals surface area contributed by atoms with Gasteiger partial charge >= 0.3 is 0 Å². The number of hydrogen-bond acceptors (Lipinski definition) is 4. The highest BCUT2D eigenvalue weighted by atomic mass is 16.2. The zero-order valence-corrected chi connectivity index (χ0v) is 14.2. The molecule has 1 N–H and O–H groups in total. The number of fused-ring (bicyclic) bond motifs is 1. The summed E-state index contributed by atoms with van der Waals surface area (Å²) in [6.07, 6.45) is 5.48. The van der Waals surface area contributed by atoms with Crippen LogP contribution in [0.15, 0.2) is 48.8 Å². The molecule has 1 amide bonds. The monoisotopic (exact) mass is 335 g/mol. The maximum Gasteiger partial charge on any atom is 0.276 e. The summed E-state index contributed by atoms with van der Waals surface area (Å²) in [6.45, 7) is 2.09. The van der Waals surface area contributed by atoms with Gasteiger partial charge in [0, 0.05) is 17.6 Å². The molecule has 1 saturated heterocycles. The van der Waals surface area contributed by atoms with Crippen molar-refractivity contribution in [1.29, 1.82) is 0 Å². The summed E-state index contributed by atoms with van der Waals surface area (Å²) in [5.74, 6) is 0.528. The summed E-state index contributed by atoms with van der Waals surface area (Å²) in [6, 6.07) is 11.9. The van der Waals surface area contributed by atoms with Crippen molar-refractivity contribution in [3.8, 4) is 0 Å². The van der Waals surface area contributed by atoms with E-state index in [0.29, 0.717) is 11.7 Å². The number of benzene rings is 1. The summed E-state index contributed by atoms with van der Waals surface area (Å²) in [7, 11) is 2.13. The summed E-state index contributed by atoms with van der Waals surface area (Å²) >= 11 is 0. The normalized spacial score (nSPS) is 16.2. The molecule has 1 aliphatic rings. The largest absolute Gasteiger partial charge is 0.306 e. The van der Waals surface area contributed by atoms with Gasteiger partial charge in [0.15, 0.2) is 0 Å². The van der Waals surface area contributed by atoms with E-state index in [0.717, 1.165) is 42.5 Å². The Morgan fingerprint density at radius 1 is 1.12 bits per heavy atom. The molecule has 128 valence electrons. The fourth-order valence-electron chi connectivity index (χ4n) is 3.42. The Labute approximate surface area is 146 Å². The summed E-state index contributed by atoms with van der Waals surface area (Å²) in [5, 5.41) is 9.29. The molecule has 3 heterocycles. The van der Waals surface area contributed by atoms with Gasteiger partial charge in [-0.3, -0.25) is 9.78 Å². The predicted octanol–water partition coefficient (Wildman–Crippen LogP) is 2.95. The number of aromatic nitrogens is 3. The Kier molecular flexibility index (Phi) is 4.19. The van der Waals surface area contributed by atoms with Crippen LogP contribution in [0.4, 0.5) is 5.82 Å². The lowest BCUT2D eigenvalue weighted by molar-refractivity contribution is 0.102. The van der Waals surface area contributed by atoms with Gasteiger partial charge in [0.05, 0.1) is 12.2 Å². The minimum Gasteiger partial charge on any atom is -0.306 e. The third kappa shape index (κ3) is 3.13. The van der Waals surface area contributed by atoms with Gasteiger partial charge < -0.3 is 10.2 Å². The molecule has 3 aromatic rings. The number of piperidine rings is 1. The van der Waals surface area contributed by atoms with Crippen molar-refractivity contribution in [2.24, 2.45) is 0 Å². The van der Waals surface area contributed by atoms with Gasteiger partial charge in [-0.05, 0) is 44.4 Å². The smallest absolute Gasteiger partial charge is 0.276 e. The number of amides is 1. The van der Waals surface area contributed by atoms with E-state index in [9.17, 15) is 4.79 Å². The first-order valence-corrected chi connectivity index (χ1v) is 8.59. The van der Waals surface area contributed by atoms with Gasteiger partial charge in [-0.25, -0.2) is 4.68 Å². The molecule has 1 aromatic carbocycles. The lowest BCUT2D eigenvalue weighted by Gasteiger charge is -2.30. The van der Waals surface area contributed by atoms with Crippen LogP contribution in [0, 0.1) is 0 Å². The standard InChI is InChI=1S/C19H21N5O/c1-23-12-8-15(9-13-23)24-17(7-11-21-24)22-19(25)18-16-5-3-2-4-14(16)6-10-20-18/h2-7,10-11,15H,8-9,12-13H2,1H3,(H,22,25). The molecular formula is C19H21N5O. The Hall–Kier alpha value is -2.73. The van der Waals surface area contributed by atoms with E-state index >= 15 is 0 Å². The van der Waals surface area contributed by atoms with Crippen molar-refractivity contribution in [2.75, 3.05) is 25.5 Å². The van der Waals surface area contributed by atoms with Crippen molar-refractivity contribution < 1.29 is 4.79 Å². The number of carbonyl (C=O) groups excluding carboxylic acids is 1. The molecule has 0 atom stereocenters. The molecule has 25 heavy (non-hydrogen) atoms. The summed E-state index contributed by atoms with van der Waals surface area (Å²) in [4.78, 5) is 19.4. The summed E-state index contributed by atoms with van der Waals surface area (Å²) < 4.78 is 1.94. The highest BCUT2D eigenvalue weighted by Crippen LogP contribution is 2.25. The molecule has 0 bridgehead atoms. The van der Waals surface area contributed by atoms with Crippen LogP contribution >= 0.6 is 0 Å². The highest BCUT2D eigenvalue weighted by molar-refractivity contribution is 6.11. The second-order valence-corrected chi connectivity index (χ2v) is 6.53. The van der Waals surface area contributed by atoms with Crippen LogP contribution in [0.2, 0.25) is 0 Å². The Bertz CT molecular complexity index is 890. The lowest BCUT2D eigenvalue weighted by Crippen LogP contribution is -2.32. The summed E-state index contributed by atoms with van der Waals surface area (Å²) in [5.41, 5.74) is 0.439. The van der Waals surface area contributed by atoms with Gasteiger partial charge in [-0.1, -0.05) is 24.3 Å². The Morgan fingerprint density at radius 2 is 1.92 bits per heavy atom. The number of likely N-dealkylation sites (tertiary alicyclic amines) is 1. The van der Waals surface area contributed by atoms with Crippen molar-refractivity contribution >= 4 is 22.5 Å². The second-order valence-electron chi connectivity index (χ2n) is 6.53. The van der Waals surface area contributed by atoms with Crippen molar-refractivity contribution in [1.82, 2.24) is 19.7 Å². The Balaban J connectivity index is 1.58. The maximum atomic E-state index is 12.8. The first kappa shape index (κ1) is 15.8. The topological polar surface area (TPSA) is 63.1 Å². The van der Waals surface area contributed by atoms with E-state index in [-0.39, 0.29) is 5.91 Å². The number of hydrogen-bond donors (Lipinski definition) is 1. The number of anilines is 1. The van der Waals surface area contributed by atoms with Crippen LogP contribution in [0.1, 0.15) is 29.4 Å². The number of carbonyl (C=O) groups is 1. The van der Waals surface area contributed by atoms with E-state index in [4.69, 9.17) is 0 Å². The van der Waals surface area contributed by atoms with Crippen molar-refractivity contribution in [2.45, 2.75) is 18.9 Å². The molecule has 0 aliphatic carbocycles.